The van der Waals surface area contributed by atoms with Crippen molar-refractivity contribution in [2.45, 2.75) is 24.8 Å². The van der Waals surface area contributed by atoms with Crippen LogP contribution in [0.3, 0.4) is 0 Å². The Balaban J connectivity index is 2.87. The fourth-order valence-electron chi connectivity index (χ4n) is 1.29. The number of hydrogen-bond acceptors (Lipinski definition) is 3. The molecule has 0 aliphatic carbocycles. The Hall–Kier alpha value is -0.920. The molecule has 1 rings (SSSR count). The van der Waals surface area contributed by atoms with Gasteiger partial charge in [0.25, 0.3) is 0 Å². The summed E-state index contributed by atoms with van der Waals surface area (Å²) < 4.78 is 26.4. The Morgan fingerprint density at radius 2 is 1.89 bits per heavy atom. The highest BCUT2D eigenvalue weighted by Gasteiger charge is 2.16. The quantitative estimate of drug-likeness (QED) is 0.805. The molecule has 0 heterocycles. The molecule has 0 radical (unpaired) electrons. The van der Waals surface area contributed by atoms with Crippen molar-refractivity contribution in [2.24, 2.45) is 0 Å². The van der Waals surface area contributed by atoms with E-state index in [0.717, 1.165) is 0 Å². The van der Waals surface area contributed by atoms with Crippen molar-refractivity contribution < 1.29 is 13.2 Å². The minimum Gasteiger partial charge on any atom is -0.326 e. The van der Waals surface area contributed by atoms with Crippen molar-refractivity contribution in [3.63, 3.8) is 0 Å². The van der Waals surface area contributed by atoms with Crippen molar-refractivity contribution in [1.29, 1.82) is 0 Å². The van der Waals surface area contributed by atoms with Crippen molar-refractivity contribution in [3.8, 4) is 0 Å². The average molecular weight is 335 g/mol. The highest BCUT2D eigenvalue weighted by atomic mass is 79.9. The first-order valence-corrected chi connectivity index (χ1v) is 7.91. The molecule has 1 aromatic carbocycles. The van der Waals surface area contributed by atoms with Crippen LogP contribution in [-0.2, 0) is 14.8 Å². The molecule has 1 unspecified atom stereocenters. The molecule has 1 amide bonds. The molecule has 0 aromatic heterocycles. The van der Waals surface area contributed by atoms with Gasteiger partial charge in [0.1, 0.15) is 0 Å². The normalized spacial score (nSPS) is 13.1. The summed E-state index contributed by atoms with van der Waals surface area (Å²) in [4.78, 5) is 11.0. The highest BCUT2D eigenvalue weighted by Crippen LogP contribution is 2.14. The second-order valence-electron chi connectivity index (χ2n) is 3.88. The third-order valence-electron chi connectivity index (χ3n) is 2.07. The zero-order chi connectivity index (χ0) is 13.8. The SMILES string of the molecule is CC(=O)Nc1ccc(S(=O)(=O)NC(C)CBr)cc1. The molecule has 0 spiro atoms. The maximum Gasteiger partial charge on any atom is 0.240 e. The van der Waals surface area contributed by atoms with Gasteiger partial charge in [-0.1, -0.05) is 15.9 Å². The molecule has 100 valence electrons. The van der Waals surface area contributed by atoms with Gasteiger partial charge < -0.3 is 5.32 Å². The molecule has 2 N–H and O–H groups in total. The van der Waals surface area contributed by atoms with Gasteiger partial charge in [-0.15, -0.1) is 0 Å². The number of carbonyl (C=O) groups excluding carboxylic acids is 1. The number of anilines is 1. The predicted octanol–water partition coefficient (Wildman–Crippen LogP) is 1.71. The molecule has 0 fully saturated rings. The average Bonchev–Trinajstić information content (AvgIpc) is 2.28. The summed E-state index contributed by atoms with van der Waals surface area (Å²) in [6.45, 7) is 3.15. The molecule has 1 aromatic rings. The van der Waals surface area contributed by atoms with Gasteiger partial charge in [0.2, 0.25) is 15.9 Å². The number of benzene rings is 1. The van der Waals surface area contributed by atoms with Gasteiger partial charge in [0.15, 0.2) is 0 Å². The van der Waals surface area contributed by atoms with Crippen LogP contribution in [0.1, 0.15) is 13.8 Å². The zero-order valence-electron chi connectivity index (χ0n) is 10.1. The molecule has 0 aliphatic rings. The lowest BCUT2D eigenvalue weighted by Gasteiger charge is -2.11. The topological polar surface area (TPSA) is 75.3 Å². The Bertz CT molecular complexity index is 514. The second-order valence-corrected chi connectivity index (χ2v) is 6.24. The molecule has 0 saturated heterocycles. The molecule has 0 saturated carbocycles. The Kier molecular flexibility index (Phi) is 5.30. The zero-order valence-corrected chi connectivity index (χ0v) is 12.5. The van der Waals surface area contributed by atoms with E-state index in [0.29, 0.717) is 11.0 Å². The van der Waals surface area contributed by atoms with Crippen molar-refractivity contribution >= 4 is 37.5 Å². The second kappa shape index (κ2) is 6.31. The lowest BCUT2D eigenvalue weighted by Crippen LogP contribution is -2.33. The van der Waals surface area contributed by atoms with E-state index in [9.17, 15) is 13.2 Å². The monoisotopic (exact) mass is 334 g/mol. The summed E-state index contributed by atoms with van der Waals surface area (Å²) >= 11 is 3.20. The standard InChI is InChI=1S/C11H15BrN2O3S/c1-8(7-12)14-18(16,17)11-5-3-10(4-6-11)13-9(2)15/h3-6,8,14H,7H2,1-2H3,(H,13,15). The highest BCUT2D eigenvalue weighted by molar-refractivity contribution is 9.09. The van der Waals surface area contributed by atoms with Gasteiger partial charge >= 0.3 is 0 Å². The molecular weight excluding hydrogens is 320 g/mol. The van der Waals surface area contributed by atoms with E-state index in [1.54, 1.807) is 19.1 Å². The summed E-state index contributed by atoms with van der Waals surface area (Å²) in [7, 11) is -3.51. The van der Waals surface area contributed by atoms with Gasteiger partial charge in [-0.3, -0.25) is 4.79 Å². The summed E-state index contributed by atoms with van der Waals surface area (Å²) in [6, 6.07) is 5.82. The maximum atomic E-state index is 11.9. The summed E-state index contributed by atoms with van der Waals surface area (Å²) in [5.41, 5.74) is 0.565. The lowest BCUT2D eigenvalue weighted by atomic mass is 10.3. The van der Waals surface area contributed by atoms with E-state index in [1.807, 2.05) is 0 Å². The van der Waals surface area contributed by atoms with Crippen LogP contribution in [0.4, 0.5) is 5.69 Å². The third kappa shape index (κ3) is 4.40. The minimum atomic E-state index is -3.51. The third-order valence-corrected chi connectivity index (χ3v) is 4.65. The number of alkyl halides is 1. The first-order chi connectivity index (χ1) is 8.35. The van der Waals surface area contributed by atoms with E-state index in [-0.39, 0.29) is 16.8 Å². The fourth-order valence-corrected chi connectivity index (χ4v) is 2.90. The van der Waals surface area contributed by atoms with E-state index in [4.69, 9.17) is 0 Å². The van der Waals surface area contributed by atoms with Crippen LogP contribution >= 0.6 is 15.9 Å². The summed E-state index contributed by atoms with van der Waals surface area (Å²) in [5.74, 6) is -0.198. The Labute approximate surface area is 115 Å². The first-order valence-electron chi connectivity index (χ1n) is 5.31. The number of rotatable bonds is 5. The van der Waals surface area contributed by atoms with Gasteiger partial charge in [0, 0.05) is 24.0 Å². The molecule has 5 nitrogen and oxygen atoms in total. The van der Waals surface area contributed by atoms with Gasteiger partial charge in [-0.05, 0) is 31.2 Å². The minimum absolute atomic E-state index is 0.171. The van der Waals surface area contributed by atoms with Gasteiger partial charge in [0.05, 0.1) is 4.90 Å². The van der Waals surface area contributed by atoms with Crippen LogP contribution in [0.15, 0.2) is 29.2 Å². The largest absolute Gasteiger partial charge is 0.326 e. The van der Waals surface area contributed by atoms with Crippen LogP contribution < -0.4 is 10.0 Å². The molecular formula is C11H15BrN2O3S. The van der Waals surface area contributed by atoms with E-state index >= 15 is 0 Å². The smallest absolute Gasteiger partial charge is 0.240 e. The van der Waals surface area contributed by atoms with Crippen LogP contribution in [-0.4, -0.2) is 25.7 Å². The molecule has 0 bridgehead atoms. The molecule has 7 heteroatoms. The van der Waals surface area contributed by atoms with Crippen LogP contribution in [0, 0.1) is 0 Å². The van der Waals surface area contributed by atoms with Gasteiger partial charge in [-0.2, -0.15) is 0 Å². The number of carbonyl (C=O) groups is 1. The van der Waals surface area contributed by atoms with Crippen LogP contribution in [0.2, 0.25) is 0 Å². The predicted molar refractivity (Wildman–Crippen MR) is 74.3 cm³/mol. The van der Waals surface area contributed by atoms with Crippen LogP contribution in [0.5, 0.6) is 0 Å². The van der Waals surface area contributed by atoms with E-state index in [2.05, 4.69) is 26.0 Å². The van der Waals surface area contributed by atoms with Gasteiger partial charge in [-0.25, -0.2) is 13.1 Å². The molecule has 0 aliphatic heterocycles. The van der Waals surface area contributed by atoms with Crippen molar-refractivity contribution in [3.05, 3.63) is 24.3 Å². The Morgan fingerprint density at radius 3 is 2.33 bits per heavy atom. The number of sulfonamides is 1. The maximum absolute atomic E-state index is 11.9. The fraction of sp³-hybridized carbons (Fsp3) is 0.364. The molecule has 18 heavy (non-hydrogen) atoms. The number of halogens is 1. The lowest BCUT2D eigenvalue weighted by molar-refractivity contribution is -0.114. The number of amides is 1. The number of hydrogen-bond donors (Lipinski definition) is 2. The summed E-state index contributed by atoms with van der Waals surface area (Å²) in [5, 5.41) is 3.11. The Morgan fingerprint density at radius 1 is 1.33 bits per heavy atom. The van der Waals surface area contributed by atoms with Crippen molar-refractivity contribution in [1.82, 2.24) is 4.72 Å². The number of nitrogens with one attached hydrogen (secondary N) is 2. The molecule has 1 atom stereocenters. The summed E-state index contributed by atoms with van der Waals surface area (Å²) in [6.07, 6.45) is 0. The first kappa shape index (κ1) is 15.1. The van der Waals surface area contributed by atoms with E-state index < -0.39 is 10.0 Å². The van der Waals surface area contributed by atoms with E-state index in [1.165, 1.54) is 19.1 Å². The van der Waals surface area contributed by atoms with Crippen molar-refractivity contribution in [2.75, 3.05) is 10.6 Å². The van der Waals surface area contributed by atoms with Crippen LogP contribution in [0.25, 0.3) is 0 Å².